The second kappa shape index (κ2) is 6.80. The minimum Gasteiger partial charge on any atom is -0.353 e. The molecule has 0 aromatic rings. The Labute approximate surface area is 105 Å². The average Bonchev–Trinajstić information content (AvgIpc) is 2.30. The highest BCUT2D eigenvalue weighted by Crippen LogP contribution is 2.34. The van der Waals surface area contributed by atoms with Gasteiger partial charge in [-0.2, -0.15) is 0 Å². The van der Waals surface area contributed by atoms with Crippen LogP contribution in [0.5, 0.6) is 0 Å². The molecule has 0 bridgehead atoms. The molecule has 3 nitrogen and oxygen atoms in total. The fourth-order valence-electron chi connectivity index (χ4n) is 2.66. The van der Waals surface area contributed by atoms with Gasteiger partial charge in [-0.3, -0.25) is 4.79 Å². The molecule has 17 heavy (non-hydrogen) atoms. The summed E-state index contributed by atoms with van der Waals surface area (Å²) in [6.07, 6.45) is 6.71. The van der Waals surface area contributed by atoms with Crippen LogP contribution in [0.4, 0.5) is 0 Å². The molecule has 0 aromatic carbocycles. The number of carbonyl (C=O) groups is 1. The summed E-state index contributed by atoms with van der Waals surface area (Å²) >= 11 is 0. The maximum Gasteiger partial charge on any atom is 0.226 e. The van der Waals surface area contributed by atoms with Crippen LogP contribution in [-0.4, -0.2) is 25.0 Å². The zero-order chi connectivity index (χ0) is 12.7. The topological polar surface area (TPSA) is 41.1 Å². The lowest BCUT2D eigenvalue weighted by Crippen LogP contribution is -2.49. The van der Waals surface area contributed by atoms with E-state index in [0.29, 0.717) is 0 Å². The molecule has 1 saturated heterocycles. The van der Waals surface area contributed by atoms with Crippen LogP contribution in [0.3, 0.4) is 0 Å². The molecule has 1 aliphatic heterocycles. The van der Waals surface area contributed by atoms with Crippen LogP contribution in [0, 0.1) is 5.41 Å². The van der Waals surface area contributed by atoms with E-state index in [-0.39, 0.29) is 17.4 Å². The largest absolute Gasteiger partial charge is 0.353 e. The molecule has 1 fully saturated rings. The molecule has 1 amide bonds. The smallest absolute Gasteiger partial charge is 0.226 e. The van der Waals surface area contributed by atoms with Gasteiger partial charge in [0.1, 0.15) is 0 Å². The molecule has 1 atom stereocenters. The van der Waals surface area contributed by atoms with Crippen molar-refractivity contribution >= 4 is 5.91 Å². The molecule has 0 radical (unpaired) electrons. The molecule has 98 valence electrons. The second-order valence-corrected chi connectivity index (χ2v) is 5.18. The van der Waals surface area contributed by atoms with E-state index in [4.69, 9.17) is 0 Å². The van der Waals surface area contributed by atoms with Crippen LogP contribution in [0.25, 0.3) is 0 Å². The third kappa shape index (κ3) is 3.84. The Bertz CT molecular complexity index is 251. The lowest BCUT2D eigenvalue weighted by Gasteiger charge is -2.37. The number of hydrogen-bond donors (Lipinski definition) is 2. The van der Waals surface area contributed by atoms with Crippen molar-refractivity contribution in [2.75, 3.05) is 13.1 Å². The number of amides is 1. The highest BCUT2D eigenvalue weighted by atomic mass is 16.2. The van der Waals surface area contributed by atoms with Crippen molar-refractivity contribution in [3.05, 3.63) is 12.7 Å². The van der Waals surface area contributed by atoms with Crippen molar-refractivity contribution in [1.82, 2.24) is 10.6 Å². The van der Waals surface area contributed by atoms with E-state index in [9.17, 15) is 4.79 Å². The van der Waals surface area contributed by atoms with Gasteiger partial charge >= 0.3 is 0 Å². The summed E-state index contributed by atoms with van der Waals surface area (Å²) in [5.74, 6) is 0.246. The van der Waals surface area contributed by atoms with E-state index in [1.165, 1.54) is 0 Å². The maximum atomic E-state index is 12.4. The Morgan fingerprint density at radius 3 is 2.71 bits per heavy atom. The van der Waals surface area contributed by atoms with Crippen molar-refractivity contribution in [2.45, 2.75) is 52.0 Å². The first-order chi connectivity index (χ1) is 8.14. The number of carbonyl (C=O) groups excluding carboxylic acids is 1. The average molecular weight is 238 g/mol. The Kier molecular flexibility index (Phi) is 5.69. The van der Waals surface area contributed by atoms with Crippen LogP contribution in [-0.2, 0) is 4.79 Å². The summed E-state index contributed by atoms with van der Waals surface area (Å²) in [6, 6.07) is 0.198. The standard InChI is InChI=1S/C14H26N2O/c1-4-6-12(3)16-13(17)14(7-5-2)8-10-15-11-9-14/h4,12,15H,1,5-11H2,2-3H3,(H,16,17). The number of rotatable bonds is 6. The van der Waals surface area contributed by atoms with Gasteiger partial charge < -0.3 is 10.6 Å². The lowest BCUT2D eigenvalue weighted by atomic mass is 9.74. The van der Waals surface area contributed by atoms with Crippen molar-refractivity contribution < 1.29 is 4.79 Å². The molecule has 1 unspecified atom stereocenters. The van der Waals surface area contributed by atoms with Gasteiger partial charge in [-0.05, 0) is 45.7 Å². The Morgan fingerprint density at radius 1 is 1.53 bits per heavy atom. The number of nitrogens with one attached hydrogen (secondary N) is 2. The number of piperidine rings is 1. The second-order valence-electron chi connectivity index (χ2n) is 5.18. The monoisotopic (exact) mass is 238 g/mol. The lowest BCUT2D eigenvalue weighted by molar-refractivity contribution is -0.133. The van der Waals surface area contributed by atoms with Crippen LogP contribution in [0.2, 0.25) is 0 Å². The van der Waals surface area contributed by atoms with Gasteiger partial charge in [0, 0.05) is 6.04 Å². The van der Waals surface area contributed by atoms with Crippen molar-refractivity contribution in [1.29, 1.82) is 0 Å². The van der Waals surface area contributed by atoms with E-state index >= 15 is 0 Å². The van der Waals surface area contributed by atoms with Crippen molar-refractivity contribution in [2.24, 2.45) is 5.41 Å². The SMILES string of the molecule is C=CCC(C)NC(=O)C1(CCC)CCNCC1. The quantitative estimate of drug-likeness (QED) is 0.697. The third-order valence-electron chi connectivity index (χ3n) is 3.67. The summed E-state index contributed by atoms with van der Waals surface area (Å²) < 4.78 is 0. The van der Waals surface area contributed by atoms with Gasteiger partial charge in [-0.1, -0.05) is 19.4 Å². The van der Waals surface area contributed by atoms with Gasteiger partial charge in [0.15, 0.2) is 0 Å². The summed E-state index contributed by atoms with van der Waals surface area (Å²) in [4.78, 5) is 12.4. The molecule has 0 saturated carbocycles. The minimum atomic E-state index is -0.130. The highest BCUT2D eigenvalue weighted by molar-refractivity contribution is 5.83. The van der Waals surface area contributed by atoms with E-state index in [0.717, 1.165) is 45.2 Å². The van der Waals surface area contributed by atoms with Gasteiger partial charge in [0.25, 0.3) is 0 Å². The maximum absolute atomic E-state index is 12.4. The molecule has 0 aromatic heterocycles. The molecular formula is C14H26N2O. The van der Waals surface area contributed by atoms with Crippen LogP contribution in [0.1, 0.15) is 46.0 Å². The van der Waals surface area contributed by atoms with Gasteiger partial charge in [0.05, 0.1) is 5.41 Å². The van der Waals surface area contributed by atoms with Crippen LogP contribution >= 0.6 is 0 Å². The number of hydrogen-bond acceptors (Lipinski definition) is 2. The van der Waals surface area contributed by atoms with E-state index in [2.05, 4.69) is 24.1 Å². The van der Waals surface area contributed by atoms with Crippen LogP contribution < -0.4 is 10.6 Å². The van der Waals surface area contributed by atoms with Gasteiger partial charge in [-0.25, -0.2) is 0 Å². The normalized spacial score (nSPS) is 20.6. The summed E-state index contributed by atoms with van der Waals surface area (Å²) in [6.45, 7) is 9.83. The van der Waals surface area contributed by atoms with E-state index in [1.807, 2.05) is 13.0 Å². The highest BCUT2D eigenvalue weighted by Gasteiger charge is 2.38. The first-order valence-corrected chi connectivity index (χ1v) is 6.77. The summed E-state index contributed by atoms with van der Waals surface area (Å²) in [5.41, 5.74) is -0.130. The van der Waals surface area contributed by atoms with Gasteiger partial charge in [0.2, 0.25) is 5.91 Å². The Balaban J connectivity index is 2.62. The Morgan fingerprint density at radius 2 is 2.18 bits per heavy atom. The third-order valence-corrected chi connectivity index (χ3v) is 3.67. The fourth-order valence-corrected chi connectivity index (χ4v) is 2.66. The Hall–Kier alpha value is -0.830. The molecule has 1 aliphatic rings. The molecule has 3 heteroatoms. The van der Waals surface area contributed by atoms with Crippen molar-refractivity contribution in [3.8, 4) is 0 Å². The first kappa shape index (κ1) is 14.2. The predicted molar refractivity (Wildman–Crippen MR) is 71.9 cm³/mol. The molecule has 2 N–H and O–H groups in total. The zero-order valence-corrected chi connectivity index (χ0v) is 11.2. The van der Waals surface area contributed by atoms with E-state index < -0.39 is 0 Å². The van der Waals surface area contributed by atoms with Gasteiger partial charge in [-0.15, -0.1) is 6.58 Å². The molecular weight excluding hydrogens is 212 g/mol. The van der Waals surface area contributed by atoms with E-state index in [1.54, 1.807) is 0 Å². The molecule has 1 rings (SSSR count). The molecule has 0 aliphatic carbocycles. The summed E-state index contributed by atoms with van der Waals surface area (Å²) in [7, 11) is 0. The molecule has 0 spiro atoms. The first-order valence-electron chi connectivity index (χ1n) is 6.77. The fraction of sp³-hybridized carbons (Fsp3) is 0.786. The zero-order valence-electron chi connectivity index (χ0n) is 11.2. The van der Waals surface area contributed by atoms with Crippen LogP contribution in [0.15, 0.2) is 12.7 Å². The minimum absolute atomic E-state index is 0.130. The predicted octanol–water partition coefficient (Wildman–Crippen LogP) is 2.24. The summed E-state index contributed by atoms with van der Waals surface area (Å²) in [5, 5.41) is 6.47. The van der Waals surface area contributed by atoms with Crippen molar-refractivity contribution in [3.63, 3.8) is 0 Å². The molecule has 1 heterocycles.